The van der Waals surface area contributed by atoms with Crippen LogP contribution in [0.4, 0.5) is 0 Å². The molecule has 0 aliphatic carbocycles. The third kappa shape index (κ3) is 1.88. The molecule has 0 bridgehead atoms. The van der Waals surface area contributed by atoms with E-state index in [9.17, 15) is 0 Å². The SMILES string of the molecule is C#C[C@@H]1CNC[C@H]1OC.Cl. The number of hydrogen-bond donors (Lipinski definition) is 1. The summed E-state index contributed by atoms with van der Waals surface area (Å²) in [4.78, 5) is 0. The zero-order chi connectivity index (χ0) is 6.69. The molecule has 0 unspecified atom stereocenters. The number of nitrogens with one attached hydrogen (secondary N) is 1. The second-order valence-electron chi connectivity index (χ2n) is 2.21. The van der Waals surface area contributed by atoms with E-state index in [0.29, 0.717) is 0 Å². The second-order valence-corrected chi connectivity index (χ2v) is 2.21. The van der Waals surface area contributed by atoms with Crippen LogP contribution in [-0.4, -0.2) is 26.3 Å². The molecule has 1 heterocycles. The van der Waals surface area contributed by atoms with Crippen molar-refractivity contribution in [2.45, 2.75) is 6.10 Å². The van der Waals surface area contributed by atoms with Gasteiger partial charge in [-0.3, -0.25) is 0 Å². The molecule has 2 atom stereocenters. The summed E-state index contributed by atoms with van der Waals surface area (Å²) in [5, 5.41) is 3.16. The molecule has 0 radical (unpaired) electrons. The monoisotopic (exact) mass is 161 g/mol. The highest BCUT2D eigenvalue weighted by molar-refractivity contribution is 5.85. The standard InChI is InChI=1S/C7H11NO.ClH/c1-3-6-4-8-5-7(6)9-2;/h1,6-8H,4-5H2,2H3;1H/t6-,7-;/m1./s1. The Bertz CT molecular complexity index is 132. The molecule has 0 amide bonds. The fourth-order valence-corrected chi connectivity index (χ4v) is 1.07. The van der Waals surface area contributed by atoms with E-state index < -0.39 is 0 Å². The van der Waals surface area contributed by atoms with Gasteiger partial charge in [-0.2, -0.15) is 0 Å². The molecule has 0 aromatic heterocycles. The molecule has 10 heavy (non-hydrogen) atoms. The van der Waals surface area contributed by atoms with Crippen molar-refractivity contribution in [3.8, 4) is 12.3 Å². The van der Waals surface area contributed by atoms with Gasteiger partial charge < -0.3 is 10.1 Å². The van der Waals surface area contributed by atoms with Crippen LogP contribution in [0.25, 0.3) is 0 Å². The van der Waals surface area contributed by atoms with Gasteiger partial charge in [0.15, 0.2) is 0 Å². The van der Waals surface area contributed by atoms with Crippen molar-refractivity contribution < 1.29 is 4.74 Å². The van der Waals surface area contributed by atoms with Crippen molar-refractivity contribution in [2.75, 3.05) is 20.2 Å². The van der Waals surface area contributed by atoms with Crippen molar-refractivity contribution in [3.63, 3.8) is 0 Å². The van der Waals surface area contributed by atoms with Crippen molar-refractivity contribution in [1.29, 1.82) is 0 Å². The summed E-state index contributed by atoms with van der Waals surface area (Å²) in [6.07, 6.45) is 5.46. The summed E-state index contributed by atoms with van der Waals surface area (Å²) in [6, 6.07) is 0. The van der Waals surface area contributed by atoms with E-state index in [1.54, 1.807) is 7.11 Å². The molecule has 1 saturated heterocycles. The first-order valence-corrected chi connectivity index (χ1v) is 3.08. The van der Waals surface area contributed by atoms with Crippen LogP contribution in [-0.2, 0) is 4.74 Å². The lowest BCUT2D eigenvalue weighted by Gasteiger charge is -2.09. The summed E-state index contributed by atoms with van der Waals surface area (Å²) in [6.45, 7) is 1.79. The largest absolute Gasteiger partial charge is 0.379 e. The van der Waals surface area contributed by atoms with Gasteiger partial charge in [0.25, 0.3) is 0 Å². The Balaban J connectivity index is 0.000000810. The van der Waals surface area contributed by atoms with Crippen molar-refractivity contribution >= 4 is 12.4 Å². The quantitative estimate of drug-likeness (QED) is 0.558. The minimum absolute atomic E-state index is 0. The van der Waals surface area contributed by atoms with Crippen LogP contribution >= 0.6 is 12.4 Å². The van der Waals surface area contributed by atoms with E-state index >= 15 is 0 Å². The average Bonchev–Trinajstić information content (AvgIpc) is 2.33. The summed E-state index contributed by atoms with van der Waals surface area (Å²) in [5.74, 6) is 2.95. The lowest BCUT2D eigenvalue weighted by atomic mass is 10.1. The first kappa shape index (κ1) is 9.77. The van der Waals surface area contributed by atoms with E-state index in [2.05, 4.69) is 11.2 Å². The van der Waals surface area contributed by atoms with Gasteiger partial charge in [0.2, 0.25) is 0 Å². The van der Waals surface area contributed by atoms with Crippen LogP contribution in [0, 0.1) is 18.3 Å². The van der Waals surface area contributed by atoms with Crippen LogP contribution in [0.3, 0.4) is 0 Å². The maximum absolute atomic E-state index is 5.23. The Morgan fingerprint density at radius 3 is 2.70 bits per heavy atom. The normalized spacial score (nSPS) is 30.8. The van der Waals surface area contributed by atoms with Gasteiger partial charge in [-0.25, -0.2) is 0 Å². The van der Waals surface area contributed by atoms with E-state index in [0.717, 1.165) is 13.1 Å². The molecule has 0 aromatic carbocycles. The molecule has 0 aromatic rings. The summed E-state index contributed by atoms with van der Waals surface area (Å²) in [5.41, 5.74) is 0. The molecule has 1 N–H and O–H groups in total. The smallest absolute Gasteiger partial charge is 0.0845 e. The predicted molar refractivity (Wildman–Crippen MR) is 43.2 cm³/mol. The van der Waals surface area contributed by atoms with Crippen LogP contribution in [0.5, 0.6) is 0 Å². The van der Waals surface area contributed by atoms with E-state index in [4.69, 9.17) is 11.2 Å². The van der Waals surface area contributed by atoms with Crippen molar-refractivity contribution in [1.82, 2.24) is 5.32 Å². The summed E-state index contributed by atoms with van der Waals surface area (Å²) in [7, 11) is 1.70. The Kier molecular flexibility index (Phi) is 4.46. The first-order valence-electron chi connectivity index (χ1n) is 3.08. The molecule has 1 aliphatic heterocycles. The van der Waals surface area contributed by atoms with Crippen molar-refractivity contribution in [3.05, 3.63) is 0 Å². The van der Waals surface area contributed by atoms with Crippen LogP contribution in [0.15, 0.2) is 0 Å². The minimum Gasteiger partial charge on any atom is -0.379 e. The topological polar surface area (TPSA) is 21.3 Å². The molecule has 1 aliphatic rings. The molecule has 1 fully saturated rings. The van der Waals surface area contributed by atoms with E-state index in [1.807, 2.05) is 0 Å². The number of ether oxygens (including phenoxy) is 1. The molecule has 0 saturated carbocycles. The average molecular weight is 162 g/mol. The second kappa shape index (κ2) is 4.56. The van der Waals surface area contributed by atoms with E-state index in [1.165, 1.54) is 0 Å². The summed E-state index contributed by atoms with van der Waals surface area (Å²) < 4.78 is 5.11. The Morgan fingerprint density at radius 2 is 2.30 bits per heavy atom. The highest BCUT2D eigenvalue weighted by Crippen LogP contribution is 2.09. The maximum Gasteiger partial charge on any atom is 0.0845 e. The van der Waals surface area contributed by atoms with E-state index in [-0.39, 0.29) is 24.4 Å². The highest BCUT2D eigenvalue weighted by atomic mass is 35.5. The Hall–Kier alpha value is -0.230. The molecular weight excluding hydrogens is 150 g/mol. The fourth-order valence-electron chi connectivity index (χ4n) is 1.07. The zero-order valence-corrected chi connectivity index (χ0v) is 6.78. The van der Waals surface area contributed by atoms with Crippen LogP contribution in [0.2, 0.25) is 0 Å². The number of hydrogen-bond acceptors (Lipinski definition) is 2. The fraction of sp³-hybridized carbons (Fsp3) is 0.714. The maximum atomic E-state index is 5.23. The number of methoxy groups -OCH3 is 1. The molecular formula is C7H12ClNO. The third-order valence-electron chi connectivity index (χ3n) is 1.68. The molecule has 0 spiro atoms. The lowest BCUT2D eigenvalue weighted by molar-refractivity contribution is 0.100. The number of rotatable bonds is 1. The predicted octanol–water partition coefficient (Wildman–Crippen LogP) is 0.276. The van der Waals surface area contributed by atoms with Gasteiger partial charge >= 0.3 is 0 Å². The van der Waals surface area contributed by atoms with Gasteiger partial charge in [-0.1, -0.05) is 5.92 Å². The van der Waals surface area contributed by atoms with Gasteiger partial charge in [-0.05, 0) is 0 Å². The minimum atomic E-state index is 0. The van der Waals surface area contributed by atoms with Gasteiger partial charge in [0.05, 0.1) is 12.0 Å². The summed E-state index contributed by atoms with van der Waals surface area (Å²) >= 11 is 0. The van der Waals surface area contributed by atoms with Gasteiger partial charge in [-0.15, -0.1) is 18.8 Å². The lowest BCUT2D eigenvalue weighted by Crippen LogP contribution is -2.19. The first-order chi connectivity index (χ1) is 4.38. The van der Waals surface area contributed by atoms with Crippen LogP contribution in [0.1, 0.15) is 0 Å². The zero-order valence-electron chi connectivity index (χ0n) is 5.96. The molecule has 58 valence electrons. The molecule has 1 rings (SSSR count). The third-order valence-corrected chi connectivity index (χ3v) is 1.68. The number of terminal acetylenes is 1. The highest BCUT2D eigenvalue weighted by Gasteiger charge is 2.24. The Labute approximate surface area is 67.7 Å². The van der Waals surface area contributed by atoms with Crippen molar-refractivity contribution in [2.24, 2.45) is 5.92 Å². The van der Waals surface area contributed by atoms with Crippen LogP contribution < -0.4 is 5.32 Å². The molecule has 2 nitrogen and oxygen atoms in total. The van der Waals surface area contributed by atoms with Gasteiger partial charge in [0.1, 0.15) is 0 Å². The number of halogens is 1. The van der Waals surface area contributed by atoms with Gasteiger partial charge in [0, 0.05) is 20.2 Å². The Morgan fingerprint density at radius 1 is 1.60 bits per heavy atom. The molecule has 3 heteroatoms.